The van der Waals surface area contributed by atoms with Gasteiger partial charge in [0.15, 0.2) is 0 Å². The molecule has 0 unspecified atom stereocenters. The molecule has 0 fully saturated rings. The van der Waals surface area contributed by atoms with E-state index in [1.807, 2.05) is 0 Å². The average molecular weight is 199 g/mol. The van der Waals surface area contributed by atoms with Crippen LogP contribution in [-0.2, 0) is 13.0 Å². The minimum atomic E-state index is -4.21. The van der Waals surface area contributed by atoms with Crippen LogP contribution in [0.2, 0.25) is 0 Å². The van der Waals surface area contributed by atoms with E-state index in [-0.39, 0.29) is 12.1 Å². The normalized spacial score (nSPS) is 11.0. The summed E-state index contributed by atoms with van der Waals surface area (Å²) in [7, 11) is 0. The van der Waals surface area contributed by atoms with Crippen LogP contribution < -0.4 is 0 Å². The summed E-state index contributed by atoms with van der Waals surface area (Å²) in [5, 5.41) is 0. The third-order valence-electron chi connectivity index (χ3n) is 1.76. The molecule has 1 nitrogen and oxygen atoms in total. The summed E-state index contributed by atoms with van der Waals surface area (Å²) in [5.41, 5.74) is 0.649. The highest BCUT2D eigenvalue weighted by Crippen LogP contribution is 2.23. The number of nitrogens with zero attached hydrogens (tertiary/aromatic N) is 1. The van der Waals surface area contributed by atoms with E-state index < -0.39 is 12.6 Å². The molecule has 0 N–H and O–H groups in total. The minimum absolute atomic E-state index is 0.00620. The number of hydrogen-bond donors (Lipinski definition) is 0. The van der Waals surface area contributed by atoms with E-state index in [1.165, 1.54) is 6.07 Å². The van der Waals surface area contributed by atoms with Crippen LogP contribution in [0.25, 0.3) is 4.85 Å². The summed E-state index contributed by atoms with van der Waals surface area (Å²) in [5.74, 6) is 0. The van der Waals surface area contributed by atoms with Gasteiger partial charge in [-0.2, -0.15) is 13.2 Å². The molecule has 0 aromatic heterocycles. The van der Waals surface area contributed by atoms with Crippen molar-refractivity contribution in [1.82, 2.24) is 0 Å². The fourth-order valence-corrected chi connectivity index (χ4v) is 1.19. The number of benzene rings is 1. The quantitative estimate of drug-likeness (QED) is 0.644. The number of hydrogen-bond acceptors (Lipinski definition) is 0. The van der Waals surface area contributed by atoms with Crippen molar-refractivity contribution in [2.24, 2.45) is 0 Å². The van der Waals surface area contributed by atoms with Gasteiger partial charge in [0.1, 0.15) is 0 Å². The molecule has 0 radical (unpaired) electrons. The van der Waals surface area contributed by atoms with Crippen molar-refractivity contribution in [1.29, 1.82) is 0 Å². The first kappa shape index (κ1) is 10.6. The largest absolute Gasteiger partial charge is 0.393 e. The third kappa shape index (κ3) is 3.09. The van der Waals surface area contributed by atoms with Crippen LogP contribution in [0, 0.1) is 6.57 Å². The SMILES string of the molecule is [C-]#[N+]Cc1ccccc1CC(F)(F)F. The van der Waals surface area contributed by atoms with Gasteiger partial charge in [-0.25, -0.2) is 6.57 Å². The molecule has 74 valence electrons. The van der Waals surface area contributed by atoms with Crippen LogP contribution in [0.3, 0.4) is 0 Å². The summed E-state index contributed by atoms with van der Waals surface area (Å²) in [6, 6.07) is 6.15. The first-order chi connectivity index (χ1) is 6.53. The summed E-state index contributed by atoms with van der Waals surface area (Å²) in [4.78, 5) is 3.08. The summed E-state index contributed by atoms with van der Waals surface area (Å²) < 4.78 is 36.3. The van der Waals surface area contributed by atoms with Gasteiger partial charge in [0, 0.05) is 5.56 Å². The van der Waals surface area contributed by atoms with Crippen molar-refractivity contribution in [2.75, 3.05) is 0 Å². The molecule has 0 aliphatic carbocycles. The van der Waals surface area contributed by atoms with Crippen molar-refractivity contribution < 1.29 is 13.2 Å². The Bertz CT molecular complexity index is 349. The Labute approximate surface area is 80.0 Å². The Kier molecular flexibility index (Phi) is 3.13. The average Bonchev–Trinajstić information content (AvgIpc) is 2.06. The zero-order chi connectivity index (χ0) is 10.6. The predicted molar refractivity (Wildman–Crippen MR) is 46.5 cm³/mol. The van der Waals surface area contributed by atoms with Crippen molar-refractivity contribution in [3.8, 4) is 0 Å². The Balaban J connectivity index is 2.91. The van der Waals surface area contributed by atoms with Crippen LogP contribution in [-0.4, -0.2) is 6.18 Å². The van der Waals surface area contributed by atoms with E-state index in [4.69, 9.17) is 6.57 Å². The Hall–Kier alpha value is -1.50. The molecule has 0 amide bonds. The first-order valence-corrected chi connectivity index (χ1v) is 3.99. The molecule has 0 spiro atoms. The molecule has 1 rings (SSSR count). The minimum Gasteiger partial charge on any atom is -0.312 e. The Morgan fingerprint density at radius 3 is 2.21 bits per heavy atom. The van der Waals surface area contributed by atoms with E-state index in [9.17, 15) is 13.2 Å². The lowest BCUT2D eigenvalue weighted by molar-refractivity contribution is -0.127. The van der Waals surface area contributed by atoms with Gasteiger partial charge in [-0.15, -0.1) is 0 Å². The zero-order valence-electron chi connectivity index (χ0n) is 7.30. The van der Waals surface area contributed by atoms with Crippen molar-refractivity contribution in [3.05, 3.63) is 46.8 Å². The topological polar surface area (TPSA) is 4.36 Å². The number of halogens is 3. The molecule has 0 atom stereocenters. The molecule has 0 bridgehead atoms. The van der Waals surface area contributed by atoms with Gasteiger partial charge in [0.2, 0.25) is 6.54 Å². The molecule has 0 heterocycles. The maximum atomic E-state index is 12.1. The van der Waals surface area contributed by atoms with Crippen LogP contribution >= 0.6 is 0 Å². The lowest BCUT2D eigenvalue weighted by atomic mass is 10.0. The lowest BCUT2D eigenvalue weighted by Crippen LogP contribution is -2.12. The van der Waals surface area contributed by atoms with Gasteiger partial charge in [-0.05, 0) is 5.56 Å². The van der Waals surface area contributed by atoms with Crippen molar-refractivity contribution in [3.63, 3.8) is 0 Å². The monoisotopic (exact) mass is 199 g/mol. The zero-order valence-corrected chi connectivity index (χ0v) is 7.30. The van der Waals surface area contributed by atoms with Crippen LogP contribution in [0.15, 0.2) is 24.3 Å². The van der Waals surface area contributed by atoms with E-state index in [2.05, 4.69) is 4.85 Å². The predicted octanol–water partition coefficient (Wildman–Crippen LogP) is 3.21. The fraction of sp³-hybridized carbons (Fsp3) is 0.300. The molecular formula is C10H8F3N. The molecule has 14 heavy (non-hydrogen) atoms. The first-order valence-electron chi connectivity index (χ1n) is 3.99. The standard InChI is InChI=1S/C10H8F3N/c1-14-7-9-5-3-2-4-8(9)6-10(11,12)13/h2-5H,6-7H2. The molecule has 0 aliphatic rings. The molecule has 0 aliphatic heterocycles. The van der Waals surface area contributed by atoms with E-state index >= 15 is 0 Å². The molecular weight excluding hydrogens is 191 g/mol. The third-order valence-corrected chi connectivity index (χ3v) is 1.76. The molecule has 1 aromatic rings. The second-order valence-electron chi connectivity index (χ2n) is 2.88. The molecule has 4 heteroatoms. The Morgan fingerprint density at radius 2 is 1.71 bits per heavy atom. The summed E-state index contributed by atoms with van der Waals surface area (Å²) in [6.45, 7) is 6.62. The van der Waals surface area contributed by atoms with Crippen LogP contribution in [0.4, 0.5) is 13.2 Å². The van der Waals surface area contributed by atoms with E-state index in [0.717, 1.165) is 0 Å². The molecule has 0 saturated heterocycles. The van der Waals surface area contributed by atoms with Gasteiger partial charge < -0.3 is 4.85 Å². The van der Waals surface area contributed by atoms with Gasteiger partial charge in [0.05, 0.1) is 6.42 Å². The van der Waals surface area contributed by atoms with Crippen LogP contribution in [0.1, 0.15) is 11.1 Å². The van der Waals surface area contributed by atoms with E-state index in [1.54, 1.807) is 18.2 Å². The summed E-state index contributed by atoms with van der Waals surface area (Å²) >= 11 is 0. The fourth-order valence-electron chi connectivity index (χ4n) is 1.19. The number of alkyl halides is 3. The van der Waals surface area contributed by atoms with Gasteiger partial charge in [-0.3, -0.25) is 0 Å². The summed E-state index contributed by atoms with van der Waals surface area (Å²) in [6.07, 6.45) is -5.17. The second-order valence-corrected chi connectivity index (χ2v) is 2.88. The smallest absolute Gasteiger partial charge is 0.312 e. The molecule has 1 aromatic carbocycles. The maximum absolute atomic E-state index is 12.1. The maximum Gasteiger partial charge on any atom is 0.393 e. The Morgan fingerprint density at radius 1 is 1.14 bits per heavy atom. The van der Waals surface area contributed by atoms with Gasteiger partial charge in [-0.1, -0.05) is 24.3 Å². The van der Waals surface area contributed by atoms with Crippen molar-refractivity contribution in [2.45, 2.75) is 19.1 Å². The number of rotatable bonds is 2. The second kappa shape index (κ2) is 4.14. The molecule has 0 saturated carbocycles. The van der Waals surface area contributed by atoms with E-state index in [0.29, 0.717) is 5.56 Å². The van der Waals surface area contributed by atoms with Crippen molar-refractivity contribution >= 4 is 0 Å². The lowest BCUT2D eigenvalue weighted by Gasteiger charge is -2.08. The van der Waals surface area contributed by atoms with Gasteiger partial charge >= 0.3 is 6.18 Å². The van der Waals surface area contributed by atoms with Gasteiger partial charge in [0.25, 0.3) is 0 Å². The van der Waals surface area contributed by atoms with Crippen LogP contribution in [0.5, 0.6) is 0 Å². The highest BCUT2D eigenvalue weighted by molar-refractivity contribution is 5.28. The highest BCUT2D eigenvalue weighted by Gasteiger charge is 2.28. The highest BCUT2D eigenvalue weighted by atomic mass is 19.4.